The van der Waals surface area contributed by atoms with E-state index in [0.717, 1.165) is 19.3 Å². The van der Waals surface area contributed by atoms with Crippen molar-refractivity contribution in [1.29, 1.82) is 0 Å². The summed E-state index contributed by atoms with van der Waals surface area (Å²) >= 11 is 0. The molecule has 0 saturated heterocycles. The van der Waals surface area contributed by atoms with Gasteiger partial charge < -0.3 is 19.2 Å². The molecule has 158 valence electrons. The summed E-state index contributed by atoms with van der Waals surface area (Å²) in [5.41, 5.74) is 0. The van der Waals surface area contributed by atoms with Crippen molar-refractivity contribution in [1.82, 2.24) is 0 Å². The van der Waals surface area contributed by atoms with Crippen molar-refractivity contribution in [3.05, 3.63) is 0 Å². The molecule has 0 heterocycles. The zero-order chi connectivity index (χ0) is 20.3. The van der Waals surface area contributed by atoms with E-state index in [1.54, 1.807) is 0 Å². The van der Waals surface area contributed by atoms with Crippen LogP contribution in [-0.2, 0) is 31.6 Å². The van der Waals surface area contributed by atoms with Gasteiger partial charge in [-0.3, -0.25) is 9.69 Å². The molecule has 0 aromatic carbocycles. The van der Waals surface area contributed by atoms with E-state index in [4.69, 9.17) is 14.7 Å². The van der Waals surface area contributed by atoms with E-state index < -0.39 is 29.4 Å². The van der Waals surface area contributed by atoms with Crippen molar-refractivity contribution in [3.63, 3.8) is 0 Å². The monoisotopic (exact) mass is 464 g/mol. The van der Waals surface area contributed by atoms with Gasteiger partial charge in [0.25, 0.3) is 0 Å². The van der Waals surface area contributed by atoms with E-state index in [-0.39, 0.29) is 36.0 Å². The minimum atomic E-state index is -5.60. The van der Waals surface area contributed by atoms with Gasteiger partial charge in [0.2, 0.25) is 0 Å². The van der Waals surface area contributed by atoms with Crippen LogP contribution in [0.3, 0.4) is 0 Å². The first-order valence-electron chi connectivity index (χ1n) is 8.23. The van der Waals surface area contributed by atoms with Crippen LogP contribution in [0.5, 0.6) is 0 Å². The van der Waals surface area contributed by atoms with E-state index in [0.29, 0.717) is 12.8 Å². The number of unbranched alkanes of at least 4 members (excludes halogenated alkanes) is 8. The molecule has 11 nitrogen and oxygen atoms in total. The molecule has 0 aromatic heterocycles. The average molecular weight is 464 g/mol. The van der Waals surface area contributed by atoms with Gasteiger partial charge in [-0.05, 0) is 6.42 Å². The molecule has 0 aliphatic rings. The summed E-state index contributed by atoms with van der Waals surface area (Å²) in [5.74, 6) is -1.14. The fourth-order valence-electron chi connectivity index (χ4n) is 2.05. The number of phosphoric acid groups is 3. The van der Waals surface area contributed by atoms with Crippen LogP contribution >= 0.6 is 23.5 Å². The van der Waals surface area contributed by atoms with E-state index in [1.807, 2.05) is 0 Å². The topological polar surface area (TPSA) is 177 Å². The van der Waals surface area contributed by atoms with Crippen LogP contribution in [0.2, 0.25) is 0 Å². The molecule has 4 N–H and O–H groups in total. The molecule has 0 spiro atoms. The van der Waals surface area contributed by atoms with E-state index in [9.17, 15) is 23.4 Å². The van der Waals surface area contributed by atoms with Gasteiger partial charge in [-0.1, -0.05) is 58.3 Å². The molecule has 27 heavy (non-hydrogen) atoms. The summed E-state index contributed by atoms with van der Waals surface area (Å²) in [4.78, 5) is 46.3. The third-order valence-electron chi connectivity index (χ3n) is 3.12. The van der Waals surface area contributed by atoms with Crippen molar-refractivity contribution in [2.45, 2.75) is 71.1 Å². The number of carbonyl (C=O) groups excluding carboxylic acids is 1. The molecular weight excluding hydrogens is 436 g/mol. The zero-order valence-electron chi connectivity index (χ0n) is 14.6. The minimum absolute atomic E-state index is 0. The second-order valence-corrected chi connectivity index (χ2v) is 9.98. The van der Waals surface area contributed by atoms with Crippen LogP contribution in [-0.4, -0.2) is 55.1 Å². The van der Waals surface area contributed by atoms with Gasteiger partial charge in [-0.25, -0.2) is 13.7 Å². The van der Waals surface area contributed by atoms with Gasteiger partial charge >= 0.3 is 59.0 Å². The zero-order valence-corrected chi connectivity index (χ0v) is 17.2. The first kappa shape index (κ1) is 30.1. The first-order valence-corrected chi connectivity index (χ1v) is 12.8. The summed E-state index contributed by atoms with van der Waals surface area (Å²) < 4.78 is 44.0. The molecule has 0 aliphatic heterocycles. The van der Waals surface area contributed by atoms with Gasteiger partial charge in [0.15, 0.2) is 0 Å². The molecule has 2 unspecified atom stereocenters. The summed E-state index contributed by atoms with van der Waals surface area (Å²) in [6, 6.07) is 0. The van der Waals surface area contributed by atoms with Gasteiger partial charge in [0.05, 0.1) is 0 Å². The molecular formula is C12H28NaO11P3. The summed E-state index contributed by atoms with van der Waals surface area (Å²) in [7, 11) is -16.4. The quantitative estimate of drug-likeness (QED) is 0.159. The van der Waals surface area contributed by atoms with Crippen LogP contribution in [0.4, 0.5) is 0 Å². The third kappa shape index (κ3) is 20.0. The molecule has 15 heteroatoms. The molecule has 0 saturated carbocycles. The Morgan fingerprint density at radius 3 is 1.63 bits per heavy atom. The van der Waals surface area contributed by atoms with Crippen molar-refractivity contribution >= 4 is 59.0 Å². The summed E-state index contributed by atoms with van der Waals surface area (Å²) in [6.45, 7) is 2.14. The Kier molecular flexibility index (Phi) is 16.5. The Labute approximate surface area is 180 Å². The van der Waals surface area contributed by atoms with Crippen LogP contribution in [0.15, 0.2) is 0 Å². The number of carbonyl (C=O) groups is 1. The van der Waals surface area contributed by atoms with E-state index >= 15 is 0 Å². The Hall–Kier alpha value is 0.920. The molecule has 2 atom stereocenters. The van der Waals surface area contributed by atoms with Gasteiger partial charge in [-0.2, -0.15) is 8.62 Å². The van der Waals surface area contributed by atoms with E-state index in [1.165, 1.54) is 25.7 Å². The van der Waals surface area contributed by atoms with Crippen LogP contribution < -0.4 is 0 Å². The molecule has 0 aliphatic carbocycles. The standard InChI is InChI=1S/C12H27O11P3.Na.H/c1-2-3-4-5-6-7-8-9-10-11-12(13)21-25(17,18)23-26(19,20)22-24(14,15)16;;/h2-11H2,1H3,(H,17,18)(H,19,20)(H2,14,15,16);;. The Bertz CT molecular complexity index is 565. The van der Waals surface area contributed by atoms with Crippen molar-refractivity contribution in [2.75, 3.05) is 0 Å². The molecule has 0 aromatic rings. The molecule has 0 fully saturated rings. The summed E-state index contributed by atoms with van der Waals surface area (Å²) in [6.07, 6.45) is 8.68. The normalized spacial score (nSPS) is 16.0. The molecule has 0 rings (SSSR count). The first-order chi connectivity index (χ1) is 11.9. The fraction of sp³-hybridized carbons (Fsp3) is 0.917. The van der Waals surface area contributed by atoms with E-state index in [2.05, 4.69) is 20.1 Å². The van der Waals surface area contributed by atoms with Crippen molar-refractivity contribution in [2.24, 2.45) is 0 Å². The maximum absolute atomic E-state index is 11.4. The maximum atomic E-state index is 11.4. The second-order valence-electron chi connectivity index (χ2n) is 5.63. The van der Waals surface area contributed by atoms with Crippen LogP contribution in [0.1, 0.15) is 71.1 Å². The predicted molar refractivity (Wildman–Crippen MR) is 98.9 cm³/mol. The van der Waals surface area contributed by atoms with Gasteiger partial charge in [0.1, 0.15) is 0 Å². The van der Waals surface area contributed by atoms with Crippen LogP contribution in [0.25, 0.3) is 0 Å². The predicted octanol–water partition coefficient (Wildman–Crippen LogP) is 3.13. The fourth-order valence-corrected chi connectivity index (χ4v) is 5.04. The Morgan fingerprint density at radius 2 is 1.19 bits per heavy atom. The van der Waals surface area contributed by atoms with Crippen molar-refractivity contribution in [3.8, 4) is 0 Å². The summed E-state index contributed by atoms with van der Waals surface area (Å²) in [5, 5.41) is 0. The third-order valence-corrected chi connectivity index (χ3v) is 6.88. The Balaban J connectivity index is 0. The van der Waals surface area contributed by atoms with Gasteiger partial charge in [-0.15, -0.1) is 0 Å². The number of rotatable bonds is 15. The average Bonchev–Trinajstić information content (AvgIpc) is 2.40. The second kappa shape index (κ2) is 14.8. The Morgan fingerprint density at radius 1 is 0.741 bits per heavy atom. The SMILES string of the molecule is CCCCCCCCCCCC(=O)OP(=O)(O)OP(=O)(O)OP(=O)(O)O.[NaH]. The number of hydrogen-bond acceptors (Lipinski definition) is 7. The number of phosphoric ester groups is 1. The van der Waals surface area contributed by atoms with Gasteiger partial charge in [0, 0.05) is 6.42 Å². The van der Waals surface area contributed by atoms with Crippen LogP contribution in [0, 0.1) is 0 Å². The molecule has 0 bridgehead atoms. The molecule has 0 amide bonds. The molecule has 0 radical (unpaired) electrons. The van der Waals surface area contributed by atoms with Crippen molar-refractivity contribution < 1.29 is 51.2 Å². The number of hydrogen-bond donors (Lipinski definition) is 4.